The zero-order valence-corrected chi connectivity index (χ0v) is 10.1. The minimum Gasteiger partial charge on any atom is -0.497 e. The lowest BCUT2D eigenvalue weighted by molar-refractivity contribution is -0.000839. The number of benzene rings is 1. The Labute approximate surface area is 97.3 Å². The van der Waals surface area contributed by atoms with Gasteiger partial charge in [-0.15, -0.1) is 0 Å². The van der Waals surface area contributed by atoms with Crippen LogP contribution in [0.1, 0.15) is 43.2 Å². The van der Waals surface area contributed by atoms with Crippen molar-refractivity contribution < 1.29 is 9.84 Å². The summed E-state index contributed by atoms with van der Waals surface area (Å²) < 4.78 is 5.26. The molecule has 1 aliphatic carbocycles. The average molecular weight is 220 g/mol. The van der Waals surface area contributed by atoms with Crippen LogP contribution < -0.4 is 4.74 Å². The van der Waals surface area contributed by atoms with E-state index in [2.05, 4.69) is 6.07 Å². The standard InChI is InChI=1S/C14H20O2/c1-11-8-12(10-13(9-11)16-2)14(15)6-4-3-5-7-14/h8-10,15H,3-7H2,1-2H3. The van der Waals surface area contributed by atoms with Gasteiger partial charge in [0, 0.05) is 0 Å². The van der Waals surface area contributed by atoms with Gasteiger partial charge in [0.1, 0.15) is 5.75 Å². The van der Waals surface area contributed by atoms with Crippen LogP contribution in [-0.2, 0) is 5.60 Å². The van der Waals surface area contributed by atoms with Gasteiger partial charge in [0.25, 0.3) is 0 Å². The minimum absolute atomic E-state index is 0.627. The van der Waals surface area contributed by atoms with Crippen LogP contribution >= 0.6 is 0 Å². The van der Waals surface area contributed by atoms with Crippen molar-refractivity contribution in [3.05, 3.63) is 29.3 Å². The normalized spacial score (nSPS) is 19.4. The van der Waals surface area contributed by atoms with Crippen LogP contribution in [0, 0.1) is 6.92 Å². The third-order valence-electron chi connectivity index (χ3n) is 3.50. The van der Waals surface area contributed by atoms with Crippen molar-refractivity contribution in [1.82, 2.24) is 0 Å². The fraction of sp³-hybridized carbons (Fsp3) is 0.571. The molecule has 0 heterocycles. The molecule has 0 aliphatic heterocycles. The Morgan fingerprint density at radius 2 is 1.81 bits per heavy atom. The lowest BCUT2D eigenvalue weighted by atomic mass is 9.79. The Hall–Kier alpha value is -1.02. The Morgan fingerprint density at radius 1 is 1.12 bits per heavy atom. The number of aliphatic hydroxyl groups is 1. The molecule has 0 saturated heterocycles. The molecular formula is C14H20O2. The van der Waals surface area contributed by atoms with E-state index in [0.29, 0.717) is 0 Å². The molecule has 1 saturated carbocycles. The molecule has 0 bridgehead atoms. The molecule has 0 radical (unpaired) electrons. The first kappa shape index (κ1) is 11.5. The van der Waals surface area contributed by atoms with Gasteiger partial charge in [0.2, 0.25) is 0 Å². The van der Waals surface area contributed by atoms with Crippen LogP contribution in [0.4, 0.5) is 0 Å². The number of ether oxygens (including phenoxy) is 1. The largest absolute Gasteiger partial charge is 0.497 e. The maximum atomic E-state index is 10.6. The highest BCUT2D eigenvalue weighted by molar-refractivity contribution is 5.37. The summed E-state index contributed by atoms with van der Waals surface area (Å²) in [4.78, 5) is 0. The Morgan fingerprint density at radius 3 is 2.44 bits per heavy atom. The van der Waals surface area contributed by atoms with Gasteiger partial charge in [-0.2, -0.15) is 0 Å². The molecular weight excluding hydrogens is 200 g/mol. The van der Waals surface area contributed by atoms with Crippen molar-refractivity contribution in [3.63, 3.8) is 0 Å². The van der Waals surface area contributed by atoms with Gasteiger partial charge in [0.05, 0.1) is 12.7 Å². The molecule has 0 atom stereocenters. The van der Waals surface area contributed by atoms with Crippen molar-refractivity contribution in [2.24, 2.45) is 0 Å². The highest BCUT2D eigenvalue weighted by atomic mass is 16.5. The zero-order valence-electron chi connectivity index (χ0n) is 10.1. The van der Waals surface area contributed by atoms with Gasteiger partial charge >= 0.3 is 0 Å². The van der Waals surface area contributed by atoms with E-state index in [0.717, 1.165) is 42.6 Å². The van der Waals surface area contributed by atoms with E-state index in [9.17, 15) is 5.11 Å². The summed E-state index contributed by atoms with van der Waals surface area (Å²) in [5.74, 6) is 0.842. The predicted molar refractivity (Wildman–Crippen MR) is 64.7 cm³/mol. The van der Waals surface area contributed by atoms with Crippen LogP contribution in [0.15, 0.2) is 18.2 Å². The molecule has 0 amide bonds. The van der Waals surface area contributed by atoms with Crippen molar-refractivity contribution in [1.29, 1.82) is 0 Å². The summed E-state index contributed by atoms with van der Waals surface area (Å²) in [6.07, 6.45) is 5.23. The maximum absolute atomic E-state index is 10.6. The van der Waals surface area contributed by atoms with Crippen molar-refractivity contribution in [2.45, 2.75) is 44.6 Å². The highest BCUT2D eigenvalue weighted by Gasteiger charge is 2.31. The Kier molecular flexibility index (Phi) is 3.20. The second-order valence-electron chi connectivity index (χ2n) is 4.83. The summed E-state index contributed by atoms with van der Waals surface area (Å²) in [7, 11) is 1.67. The summed E-state index contributed by atoms with van der Waals surface area (Å²) in [5.41, 5.74) is 1.54. The zero-order chi connectivity index (χ0) is 11.6. The topological polar surface area (TPSA) is 29.5 Å². The third-order valence-corrected chi connectivity index (χ3v) is 3.50. The third kappa shape index (κ3) is 2.22. The molecule has 2 heteroatoms. The summed E-state index contributed by atoms with van der Waals surface area (Å²) in [5, 5.41) is 10.6. The summed E-state index contributed by atoms with van der Waals surface area (Å²) >= 11 is 0. The van der Waals surface area contributed by atoms with E-state index in [1.165, 1.54) is 6.42 Å². The van der Waals surface area contributed by atoms with E-state index < -0.39 is 5.60 Å². The molecule has 0 spiro atoms. The smallest absolute Gasteiger partial charge is 0.119 e. The molecule has 1 aromatic rings. The van der Waals surface area contributed by atoms with Crippen LogP contribution in [0.5, 0.6) is 5.75 Å². The first-order chi connectivity index (χ1) is 7.64. The Balaban J connectivity index is 2.34. The van der Waals surface area contributed by atoms with E-state index in [-0.39, 0.29) is 0 Å². The molecule has 1 aromatic carbocycles. The summed E-state index contributed by atoms with van der Waals surface area (Å²) in [6.45, 7) is 2.04. The molecule has 16 heavy (non-hydrogen) atoms. The fourth-order valence-corrected chi connectivity index (χ4v) is 2.56. The van der Waals surface area contributed by atoms with Gasteiger partial charge in [-0.05, 0) is 43.0 Å². The van der Waals surface area contributed by atoms with E-state index in [1.807, 2.05) is 19.1 Å². The minimum atomic E-state index is -0.627. The van der Waals surface area contributed by atoms with Gasteiger partial charge in [-0.3, -0.25) is 0 Å². The maximum Gasteiger partial charge on any atom is 0.119 e. The van der Waals surface area contributed by atoms with E-state index in [1.54, 1.807) is 7.11 Å². The van der Waals surface area contributed by atoms with Crippen LogP contribution in [0.3, 0.4) is 0 Å². The van der Waals surface area contributed by atoms with Gasteiger partial charge in [0.15, 0.2) is 0 Å². The van der Waals surface area contributed by atoms with Gasteiger partial charge in [-0.25, -0.2) is 0 Å². The quantitative estimate of drug-likeness (QED) is 0.829. The molecule has 1 aliphatic rings. The van der Waals surface area contributed by atoms with Crippen LogP contribution in [0.25, 0.3) is 0 Å². The van der Waals surface area contributed by atoms with E-state index >= 15 is 0 Å². The first-order valence-electron chi connectivity index (χ1n) is 6.03. The van der Waals surface area contributed by atoms with Crippen molar-refractivity contribution in [2.75, 3.05) is 7.11 Å². The number of rotatable bonds is 2. The van der Waals surface area contributed by atoms with Crippen molar-refractivity contribution in [3.8, 4) is 5.75 Å². The number of aryl methyl sites for hydroxylation is 1. The Bertz CT molecular complexity index is 365. The van der Waals surface area contributed by atoms with E-state index in [4.69, 9.17) is 4.74 Å². The highest BCUT2D eigenvalue weighted by Crippen LogP contribution is 2.38. The molecule has 0 aromatic heterocycles. The van der Waals surface area contributed by atoms with Crippen LogP contribution in [-0.4, -0.2) is 12.2 Å². The average Bonchev–Trinajstić information content (AvgIpc) is 2.29. The first-order valence-corrected chi connectivity index (χ1v) is 6.03. The number of hydrogen-bond acceptors (Lipinski definition) is 2. The lowest BCUT2D eigenvalue weighted by Crippen LogP contribution is -2.28. The van der Waals surface area contributed by atoms with Gasteiger partial charge in [-0.1, -0.05) is 25.3 Å². The SMILES string of the molecule is COc1cc(C)cc(C2(O)CCCCC2)c1. The summed E-state index contributed by atoms with van der Waals surface area (Å²) in [6, 6.07) is 6.04. The second-order valence-corrected chi connectivity index (χ2v) is 4.83. The number of hydrogen-bond donors (Lipinski definition) is 1. The predicted octanol–water partition coefficient (Wildman–Crippen LogP) is 3.16. The number of methoxy groups -OCH3 is 1. The lowest BCUT2D eigenvalue weighted by Gasteiger charge is -2.33. The second kappa shape index (κ2) is 4.46. The molecule has 2 rings (SSSR count). The molecule has 1 N–H and O–H groups in total. The molecule has 0 unspecified atom stereocenters. The fourth-order valence-electron chi connectivity index (χ4n) is 2.56. The van der Waals surface area contributed by atoms with Crippen LogP contribution in [0.2, 0.25) is 0 Å². The monoisotopic (exact) mass is 220 g/mol. The molecule has 2 nitrogen and oxygen atoms in total. The molecule has 1 fully saturated rings. The molecule has 88 valence electrons. The van der Waals surface area contributed by atoms with Gasteiger partial charge < -0.3 is 9.84 Å². The van der Waals surface area contributed by atoms with Crippen molar-refractivity contribution >= 4 is 0 Å².